The molecule has 3 heterocycles. The SMILES string of the molecule is CC1COCCN1c1ccc(Nc2nc(-c3ccccn3)nc3c2CCC3)cc1. The summed E-state index contributed by atoms with van der Waals surface area (Å²) in [6, 6.07) is 14.8. The van der Waals surface area contributed by atoms with Crippen molar-refractivity contribution in [3.05, 3.63) is 59.9 Å². The Balaban J connectivity index is 1.42. The third kappa shape index (κ3) is 3.68. The van der Waals surface area contributed by atoms with Gasteiger partial charge in [-0.25, -0.2) is 9.97 Å². The molecular formula is C23H25N5O. The summed E-state index contributed by atoms with van der Waals surface area (Å²) in [6.07, 6.45) is 4.92. The van der Waals surface area contributed by atoms with Crippen LogP contribution in [0.25, 0.3) is 11.5 Å². The molecule has 3 aromatic rings. The molecule has 148 valence electrons. The molecule has 2 aliphatic rings. The van der Waals surface area contributed by atoms with Crippen LogP contribution in [0, 0.1) is 0 Å². The van der Waals surface area contributed by atoms with Crippen molar-refractivity contribution in [1.29, 1.82) is 0 Å². The molecule has 0 spiro atoms. The second-order valence-corrected chi connectivity index (χ2v) is 7.68. The number of pyridine rings is 1. The van der Waals surface area contributed by atoms with E-state index in [2.05, 4.69) is 46.4 Å². The molecule has 0 saturated carbocycles. The number of hydrogen-bond acceptors (Lipinski definition) is 6. The predicted octanol–water partition coefficient (Wildman–Crippen LogP) is 4.00. The lowest BCUT2D eigenvalue weighted by Gasteiger charge is -2.35. The maximum Gasteiger partial charge on any atom is 0.180 e. The van der Waals surface area contributed by atoms with E-state index in [0.29, 0.717) is 11.9 Å². The number of nitrogens with one attached hydrogen (secondary N) is 1. The smallest absolute Gasteiger partial charge is 0.180 e. The molecule has 0 bridgehead atoms. The molecule has 1 fully saturated rings. The number of morpholine rings is 1. The van der Waals surface area contributed by atoms with E-state index < -0.39 is 0 Å². The van der Waals surface area contributed by atoms with E-state index in [1.54, 1.807) is 6.20 Å². The molecule has 1 saturated heterocycles. The molecule has 6 nitrogen and oxygen atoms in total. The van der Waals surface area contributed by atoms with Crippen LogP contribution in [0.4, 0.5) is 17.2 Å². The van der Waals surface area contributed by atoms with E-state index in [-0.39, 0.29) is 0 Å². The van der Waals surface area contributed by atoms with Gasteiger partial charge in [0.05, 0.1) is 13.2 Å². The number of aryl methyl sites for hydroxylation is 1. The van der Waals surface area contributed by atoms with E-state index in [4.69, 9.17) is 14.7 Å². The van der Waals surface area contributed by atoms with Crippen molar-refractivity contribution in [2.45, 2.75) is 32.2 Å². The van der Waals surface area contributed by atoms with Crippen LogP contribution in [-0.4, -0.2) is 40.8 Å². The van der Waals surface area contributed by atoms with E-state index in [1.165, 1.54) is 11.3 Å². The van der Waals surface area contributed by atoms with Gasteiger partial charge >= 0.3 is 0 Å². The Morgan fingerprint density at radius 1 is 1.07 bits per heavy atom. The number of rotatable bonds is 4. The molecule has 5 rings (SSSR count). The van der Waals surface area contributed by atoms with Gasteiger partial charge in [-0.1, -0.05) is 6.07 Å². The Morgan fingerprint density at radius 3 is 2.76 bits per heavy atom. The summed E-state index contributed by atoms with van der Waals surface area (Å²) in [5.74, 6) is 1.59. The van der Waals surface area contributed by atoms with Gasteiger partial charge in [0.25, 0.3) is 0 Å². The number of benzene rings is 1. The van der Waals surface area contributed by atoms with Gasteiger partial charge in [-0.3, -0.25) is 4.98 Å². The minimum atomic E-state index is 0.397. The fourth-order valence-corrected chi connectivity index (χ4v) is 4.13. The van der Waals surface area contributed by atoms with Gasteiger partial charge in [0.15, 0.2) is 5.82 Å². The zero-order valence-corrected chi connectivity index (χ0v) is 16.6. The van der Waals surface area contributed by atoms with E-state index in [1.807, 2.05) is 18.2 Å². The van der Waals surface area contributed by atoms with E-state index in [0.717, 1.165) is 61.9 Å². The average molecular weight is 387 g/mol. The summed E-state index contributed by atoms with van der Waals surface area (Å²) in [6.45, 7) is 4.70. The molecule has 2 aromatic heterocycles. The number of ether oxygens (including phenoxy) is 1. The lowest BCUT2D eigenvalue weighted by molar-refractivity contribution is 0.0989. The minimum absolute atomic E-state index is 0.397. The highest BCUT2D eigenvalue weighted by Gasteiger charge is 2.21. The Morgan fingerprint density at radius 2 is 1.97 bits per heavy atom. The molecule has 0 amide bonds. The first-order chi connectivity index (χ1) is 14.3. The van der Waals surface area contributed by atoms with Crippen molar-refractivity contribution in [2.75, 3.05) is 30.0 Å². The highest BCUT2D eigenvalue weighted by molar-refractivity contribution is 5.66. The lowest BCUT2D eigenvalue weighted by Crippen LogP contribution is -2.43. The van der Waals surface area contributed by atoms with Crippen molar-refractivity contribution >= 4 is 17.2 Å². The largest absolute Gasteiger partial charge is 0.377 e. The van der Waals surface area contributed by atoms with Gasteiger partial charge in [0.2, 0.25) is 0 Å². The Bertz CT molecular complexity index is 990. The molecule has 0 radical (unpaired) electrons. The van der Waals surface area contributed by atoms with Gasteiger partial charge < -0.3 is 15.0 Å². The number of aromatic nitrogens is 3. The van der Waals surface area contributed by atoms with Crippen LogP contribution in [0.3, 0.4) is 0 Å². The maximum atomic E-state index is 5.55. The van der Waals surface area contributed by atoms with Crippen molar-refractivity contribution in [2.24, 2.45) is 0 Å². The standard InChI is InChI=1S/C23H25N5O/c1-16-15-29-14-13-28(16)18-10-8-17(9-11-18)25-22-19-5-4-7-20(19)26-23(27-22)21-6-2-3-12-24-21/h2-3,6,8-12,16H,4-5,7,13-15H2,1H3,(H,25,26,27). The number of hydrogen-bond donors (Lipinski definition) is 1. The summed E-state index contributed by atoms with van der Waals surface area (Å²) in [7, 11) is 0. The summed E-state index contributed by atoms with van der Waals surface area (Å²) in [4.78, 5) is 16.4. The highest BCUT2D eigenvalue weighted by Crippen LogP contribution is 2.31. The van der Waals surface area contributed by atoms with Gasteiger partial charge in [-0.05, 0) is 62.6 Å². The van der Waals surface area contributed by atoms with Crippen LogP contribution in [0.5, 0.6) is 0 Å². The number of nitrogens with zero attached hydrogens (tertiary/aromatic N) is 4. The monoisotopic (exact) mass is 387 g/mol. The molecule has 29 heavy (non-hydrogen) atoms. The molecule has 1 aliphatic carbocycles. The Labute approximate surface area is 171 Å². The van der Waals surface area contributed by atoms with Crippen molar-refractivity contribution in [3.63, 3.8) is 0 Å². The highest BCUT2D eigenvalue weighted by atomic mass is 16.5. The lowest BCUT2D eigenvalue weighted by atomic mass is 10.2. The second kappa shape index (κ2) is 7.79. The predicted molar refractivity (Wildman–Crippen MR) is 115 cm³/mol. The normalized spacial score (nSPS) is 18.5. The molecule has 1 unspecified atom stereocenters. The quantitative estimate of drug-likeness (QED) is 0.730. The Hall–Kier alpha value is -2.99. The van der Waals surface area contributed by atoms with E-state index in [9.17, 15) is 0 Å². The number of anilines is 3. The zero-order valence-electron chi connectivity index (χ0n) is 16.6. The second-order valence-electron chi connectivity index (χ2n) is 7.68. The van der Waals surface area contributed by atoms with Gasteiger partial charge in [-0.2, -0.15) is 0 Å². The summed E-state index contributed by atoms with van der Waals surface area (Å²) < 4.78 is 5.55. The van der Waals surface area contributed by atoms with Crippen LogP contribution in [0.2, 0.25) is 0 Å². The molecular weight excluding hydrogens is 362 g/mol. The fraction of sp³-hybridized carbons (Fsp3) is 0.348. The summed E-state index contributed by atoms with van der Waals surface area (Å²) in [5.41, 5.74) is 5.45. The molecule has 1 atom stereocenters. The van der Waals surface area contributed by atoms with Gasteiger partial charge in [0, 0.05) is 41.4 Å². The van der Waals surface area contributed by atoms with Crippen LogP contribution in [-0.2, 0) is 17.6 Å². The average Bonchev–Trinajstić information content (AvgIpc) is 3.25. The van der Waals surface area contributed by atoms with Crippen molar-refractivity contribution in [3.8, 4) is 11.5 Å². The van der Waals surface area contributed by atoms with Crippen LogP contribution >= 0.6 is 0 Å². The first-order valence-electron chi connectivity index (χ1n) is 10.3. The fourth-order valence-electron chi connectivity index (χ4n) is 4.13. The third-order valence-electron chi connectivity index (χ3n) is 5.66. The molecule has 6 heteroatoms. The minimum Gasteiger partial charge on any atom is -0.377 e. The number of fused-ring (bicyclic) bond motifs is 1. The molecule has 1 N–H and O–H groups in total. The molecule has 1 aliphatic heterocycles. The summed E-state index contributed by atoms with van der Waals surface area (Å²) in [5, 5.41) is 3.53. The van der Waals surface area contributed by atoms with Crippen molar-refractivity contribution < 1.29 is 4.74 Å². The first-order valence-corrected chi connectivity index (χ1v) is 10.3. The molecule has 1 aromatic carbocycles. The topological polar surface area (TPSA) is 63.2 Å². The van der Waals surface area contributed by atoms with Crippen LogP contribution in [0.15, 0.2) is 48.7 Å². The zero-order chi connectivity index (χ0) is 19.6. The van der Waals surface area contributed by atoms with Gasteiger partial charge in [0.1, 0.15) is 11.5 Å². The maximum absolute atomic E-state index is 5.55. The van der Waals surface area contributed by atoms with Gasteiger partial charge in [-0.15, -0.1) is 0 Å². The van der Waals surface area contributed by atoms with Crippen molar-refractivity contribution in [1.82, 2.24) is 15.0 Å². The Kier molecular flexibility index (Phi) is 4.86. The third-order valence-corrected chi connectivity index (χ3v) is 5.66. The van der Waals surface area contributed by atoms with Crippen LogP contribution < -0.4 is 10.2 Å². The van der Waals surface area contributed by atoms with E-state index >= 15 is 0 Å². The first kappa shape index (κ1) is 18.1. The summed E-state index contributed by atoms with van der Waals surface area (Å²) >= 11 is 0. The van der Waals surface area contributed by atoms with Crippen LogP contribution in [0.1, 0.15) is 24.6 Å².